The van der Waals surface area contributed by atoms with Gasteiger partial charge in [0.25, 0.3) is 0 Å². The first-order valence-corrected chi connectivity index (χ1v) is 3.60. The van der Waals surface area contributed by atoms with Gasteiger partial charge in [0.1, 0.15) is 5.67 Å². The molecule has 0 aromatic carbocycles. The molecule has 1 rings (SSSR count). The van der Waals surface area contributed by atoms with Crippen molar-refractivity contribution in [3.8, 4) is 0 Å². The van der Waals surface area contributed by atoms with E-state index in [4.69, 9.17) is 0 Å². The topological polar surface area (TPSA) is 12.0 Å². The fraction of sp³-hybridized carbons (Fsp3) is 1.00. The van der Waals surface area contributed by atoms with Crippen molar-refractivity contribution >= 4 is 0 Å². The van der Waals surface area contributed by atoms with Gasteiger partial charge in [-0.3, -0.25) is 0 Å². The Bertz CT molecular complexity index is 80.9. The number of hydrogen-bond acceptors (Lipinski definition) is 1. The predicted octanol–water partition coefficient (Wildman–Crippen LogP) is 1.49. The molecule has 0 radical (unpaired) electrons. The Labute approximate surface area is 55.6 Å². The van der Waals surface area contributed by atoms with Crippen molar-refractivity contribution in [3.05, 3.63) is 0 Å². The molecule has 0 saturated carbocycles. The molecule has 0 aliphatic carbocycles. The minimum atomic E-state index is -0.899. The lowest BCUT2D eigenvalue weighted by molar-refractivity contribution is 0.170. The van der Waals surface area contributed by atoms with Crippen LogP contribution >= 0.6 is 0 Å². The number of alkyl halides is 1. The molecule has 1 nitrogen and oxygen atoms in total. The summed E-state index contributed by atoms with van der Waals surface area (Å²) in [5, 5.41) is 3.16. The Morgan fingerprint density at radius 1 is 1.33 bits per heavy atom. The van der Waals surface area contributed by atoms with Crippen LogP contribution in [0.5, 0.6) is 0 Å². The van der Waals surface area contributed by atoms with E-state index in [1.54, 1.807) is 6.92 Å². The van der Waals surface area contributed by atoms with Crippen molar-refractivity contribution in [2.45, 2.75) is 31.9 Å². The molecular formula is C7H14FN. The van der Waals surface area contributed by atoms with Gasteiger partial charge in [0.15, 0.2) is 0 Å². The van der Waals surface area contributed by atoms with Crippen LogP contribution in [-0.4, -0.2) is 18.8 Å². The van der Waals surface area contributed by atoms with Crippen LogP contribution in [0.1, 0.15) is 26.2 Å². The summed E-state index contributed by atoms with van der Waals surface area (Å²) in [6.07, 6.45) is 2.38. The summed E-state index contributed by atoms with van der Waals surface area (Å²) in [4.78, 5) is 0. The van der Waals surface area contributed by atoms with Crippen LogP contribution in [-0.2, 0) is 0 Å². The van der Waals surface area contributed by atoms with Crippen molar-refractivity contribution < 1.29 is 4.39 Å². The molecule has 0 aromatic heterocycles. The van der Waals surface area contributed by atoms with Gasteiger partial charge in [0, 0.05) is 0 Å². The molecule has 1 aliphatic heterocycles. The fourth-order valence-electron chi connectivity index (χ4n) is 1.18. The Balaban J connectivity index is 2.36. The lowest BCUT2D eigenvalue weighted by Gasteiger charge is -2.15. The first-order chi connectivity index (χ1) is 4.21. The zero-order valence-corrected chi connectivity index (χ0v) is 5.91. The second kappa shape index (κ2) is 2.65. The van der Waals surface area contributed by atoms with E-state index in [9.17, 15) is 4.39 Å². The average Bonchev–Trinajstić information content (AvgIpc) is 1.92. The maximum absolute atomic E-state index is 13.1. The summed E-state index contributed by atoms with van der Waals surface area (Å²) in [6.45, 7) is 3.52. The van der Waals surface area contributed by atoms with Gasteiger partial charge in [-0.05, 0) is 39.3 Å². The first kappa shape index (κ1) is 7.00. The Kier molecular flexibility index (Phi) is 2.06. The SMILES string of the molecule is CC1(F)CCCNCC1. The standard InChI is InChI=1S/C7H14FN/c1-7(8)3-2-5-9-6-4-7/h9H,2-6H2,1H3. The van der Waals surface area contributed by atoms with Crippen LogP contribution in [0.4, 0.5) is 4.39 Å². The fourth-order valence-corrected chi connectivity index (χ4v) is 1.18. The number of halogens is 1. The summed E-state index contributed by atoms with van der Waals surface area (Å²) in [5.41, 5.74) is -0.899. The molecule has 54 valence electrons. The van der Waals surface area contributed by atoms with E-state index in [1.807, 2.05) is 0 Å². The summed E-state index contributed by atoms with van der Waals surface area (Å²) in [6, 6.07) is 0. The van der Waals surface area contributed by atoms with Crippen LogP contribution in [0.15, 0.2) is 0 Å². The zero-order chi connectivity index (χ0) is 6.74. The highest BCUT2D eigenvalue weighted by atomic mass is 19.1. The van der Waals surface area contributed by atoms with E-state index >= 15 is 0 Å². The van der Waals surface area contributed by atoms with Crippen LogP contribution < -0.4 is 5.32 Å². The lowest BCUT2D eigenvalue weighted by atomic mass is 10.0. The lowest BCUT2D eigenvalue weighted by Crippen LogP contribution is -2.20. The van der Waals surface area contributed by atoms with Gasteiger partial charge in [-0.1, -0.05) is 0 Å². The molecule has 1 N–H and O–H groups in total. The van der Waals surface area contributed by atoms with Crippen LogP contribution in [0.25, 0.3) is 0 Å². The van der Waals surface area contributed by atoms with Crippen molar-refractivity contribution in [1.29, 1.82) is 0 Å². The van der Waals surface area contributed by atoms with Gasteiger partial charge in [0.2, 0.25) is 0 Å². The van der Waals surface area contributed by atoms with Crippen molar-refractivity contribution in [2.75, 3.05) is 13.1 Å². The van der Waals surface area contributed by atoms with Crippen LogP contribution in [0, 0.1) is 0 Å². The minimum Gasteiger partial charge on any atom is -0.317 e. The third kappa shape index (κ3) is 2.31. The van der Waals surface area contributed by atoms with E-state index < -0.39 is 5.67 Å². The van der Waals surface area contributed by atoms with E-state index in [-0.39, 0.29) is 0 Å². The van der Waals surface area contributed by atoms with Crippen molar-refractivity contribution in [2.24, 2.45) is 0 Å². The molecule has 0 amide bonds. The van der Waals surface area contributed by atoms with Gasteiger partial charge in [0.05, 0.1) is 0 Å². The monoisotopic (exact) mass is 131 g/mol. The molecular weight excluding hydrogens is 117 g/mol. The molecule has 0 aromatic rings. The summed E-state index contributed by atoms with van der Waals surface area (Å²) >= 11 is 0. The van der Waals surface area contributed by atoms with Gasteiger partial charge < -0.3 is 5.32 Å². The van der Waals surface area contributed by atoms with Gasteiger partial charge in [-0.2, -0.15) is 0 Å². The highest BCUT2D eigenvalue weighted by Gasteiger charge is 2.23. The van der Waals surface area contributed by atoms with Crippen LogP contribution in [0.2, 0.25) is 0 Å². The maximum atomic E-state index is 13.1. The van der Waals surface area contributed by atoms with Crippen molar-refractivity contribution in [3.63, 3.8) is 0 Å². The Morgan fingerprint density at radius 3 is 2.89 bits per heavy atom. The molecule has 1 unspecified atom stereocenters. The molecule has 2 heteroatoms. The molecule has 1 heterocycles. The zero-order valence-electron chi connectivity index (χ0n) is 5.91. The summed E-state index contributed by atoms with van der Waals surface area (Å²) < 4.78 is 13.1. The average molecular weight is 131 g/mol. The summed E-state index contributed by atoms with van der Waals surface area (Å²) in [7, 11) is 0. The van der Waals surface area contributed by atoms with Crippen LogP contribution in [0.3, 0.4) is 0 Å². The Hall–Kier alpha value is -0.110. The van der Waals surface area contributed by atoms with E-state index in [0.717, 1.165) is 25.9 Å². The molecule has 1 fully saturated rings. The third-order valence-corrected chi connectivity index (χ3v) is 1.87. The first-order valence-electron chi connectivity index (χ1n) is 3.60. The minimum absolute atomic E-state index is 0.674. The van der Waals surface area contributed by atoms with Crippen molar-refractivity contribution in [1.82, 2.24) is 5.32 Å². The molecule has 0 bridgehead atoms. The van der Waals surface area contributed by atoms with Gasteiger partial charge in [-0.15, -0.1) is 0 Å². The normalized spacial score (nSPS) is 38.0. The Morgan fingerprint density at radius 2 is 2.11 bits per heavy atom. The smallest absolute Gasteiger partial charge is 0.109 e. The van der Waals surface area contributed by atoms with E-state index in [1.165, 1.54) is 0 Å². The van der Waals surface area contributed by atoms with Gasteiger partial charge >= 0.3 is 0 Å². The third-order valence-electron chi connectivity index (χ3n) is 1.87. The second-order valence-corrected chi connectivity index (χ2v) is 3.02. The maximum Gasteiger partial charge on any atom is 0.109 e. The number of hydrogen-bond donors (Lipinski definition) is 1. The molecule has 1 aliphatic rings. The molecule has 1 saturated heterocycles. The van der Waals surface area contributed by atoms with E-state index in [2.05, 4.69) is 5.32 Å². The quantitative estimate of drug-likeness (QED) is 0.525. The second-order valence-electron chi connectivity index (χ2n) is 3.02. The molecule has 9 heavy (non-hydrogen) atoms. The predicted molar refractivity (Wildman–Crippen MR) is 36.2 cm³/mol. The molecule has 1 atom stereocenters. The summed E-state index contributed by atoms with van der Waals surface area (Å²) in [5.74, 6) is 0. The molecule has 0 spiro atoms. The highest BCUT2D eigenvalue weighted by Crippen LogP contribution is 2.22. The number of rotatable bonds is 0. The van der Waals surface area contributed by atoms with Gasteiger partial charge in [-0.25, -0.2) is 4.39 Å². The largest absolute Gasteiger partial charge is 0.317 e. The highest BCUT2D eigenvalue weighted by molar-refractivity contribution is 4.77. The number of nitrogens with one attached hydrogen (secondary N) is 1. The van der Waals surface area contributed by atoms with E-state index in [0.29, 0.717) is 6.42 Å².